The van der Waals surface area contributed by atoms with Crippen LogP contribution in [-0.2, 0) is 4.57 Å². The fourth-order valence-electron chi connectivity index (χ4n) is 0.780. The quantitative estimate of drug-likeness (QED) is 0.461. The lowest BCUT2D eigenvalue weighted by molar-refractivity contribution is 0.328. The third kappa shape index (κ3) is 1.23. The Morgan fingerprint density at radius 2 is 2.56 bits per heavy atom. The molecule has 3 nitrogen and oxygen atoms in total. The zero-order chi connectivity index (χ0) is 6.91. The van der Waals surface area contributed by atoms with Crippen LogP contribution in [0.1, 0.15) is 0 Å². The first-order chi connectivity index (χ1) is 4.17. The topological polar surface area (TPSA) is 40.5 Å². The van der Waals surface area contributed by atoms with Crippen molar-refractivity contribution >= 4 is 7.52 Å². The third-order valence-corrected chi connectivity index (χ3v) is 3.46. The lowest BCUT2D eigenvalue weighted by Crippen LogP contribution is -2.35. The molecule has 0 bridgehead atoms. The van der Waals surface area contributed by atoms with Crippen LogP contribution in [0.4, 0.5) is 0 Å². The van der Waals surface area contributed by atoms with Crippen molar-refractivity contribution in [2.24, 2.45) is 0 Å². The highest BCUT2D eigenvalue weighted by Gasteiger charge is 2.36. The van der Waals surface area contributed by atoms with Gasteiger partial charge in [-0.05, 0) is 0 Å². The van der Waals surface area contributed by atoms with Crippen molar-refractivity contribution < 1.29 is 9.46 Å². The Balaban J connectivity index is 2.45. The standard InChI is InChI=1S/C5H10NO2P/c1-2-3-6-4-5-9(6,7)8/h2H,1,3-5H2,(H,7,8). The van der Waals surface area contributed by atoms with Crippen molar-refractivity contribution in [3.63, 3.8) is 0 Å². The molecule has 0 aromatic heterocycles. The van der Waals surface area contributed by atoms with Crippen LogP contribution in [0.25, 0.3) is 0 Å². The maximum Gasteiger partial charge on any atom is 0.271 e. The number of hydrogen-bond acceptors (Lipinski definition) is 1. The van der Waals surface area contributed by atoms with Crippen LogP contribution < -0.4 is 0 Å². The summed E-state index contributed by atoms with van der Waals surface area (Å²) in [6, 6.07) is 0. The van der Waals surface area contributed by atoms with Crippen LogP contribution >= 0.6 is 7.52 Å². The zero-order valence-corrected chi connectivity index (χ0v) is 6.05. The number of hydrogen-bond donors (Lipinski definition) is 1. The highest BCUT2D eigenvalue weighted by atomic mass is 31.2. The molecule has 52 valence electrons. The predicted molar refractivity (Wildman–Crippen MR) is 36.5 cm³/mol. The second-order valence-corrected chi connectivity index (χ2v) is 4.43. The van der Waals surface area contributed by atoms with Crippen molar-refractivity contribution in [1.82, 2.24) is 4.67 Å². The minimum absolute atomic E-state index is 0.445. The monoisotopic (exact) mass is 147 g/mol. The highest BCUT2D eigenvalue weighted by molar-refractivity contribution is 7.57. The highest BCUT2D eigenvalue weighted by Crippen LogP contribution is 2.52. The van der Waals surface area contributed by atoms with Crippen LogP contribution in [0.3, 0.4) is 0 Å². The van der Waals surface area contributed by atoms with Crippen LogP contribution in [-0.4, -0.2) is 28.8 Å². The maximum atomic E-state index is 10.8. The van der Waals surface area contributed by atoms with E-state index >= 15 is 0 Å². The van der Waals surface area contributed by atoms with E-state index in [4.69, 9.17) is 4.89 Å². The van der Waals surface area contributed by atoms with Gasteiger partial charge < -0.3 is 4.89 Å². The summed E-state index contributed by atoms with van der Waals surface area (Å²) in [5, 5.41) is 0. The van der Waals surface area contributed by atoms with Gasteiger partial charge in [0.2, 0.25) is 0 Å². The van der Waals surface area contributed by atoms with Crippen LogP contribution in [0.15, 0.2) is 12.7 Å². The average Bonchev–Trinajstić information content (AvgIpc) is 1.81. The van der Waals surface area contributed by atoms with E-state index in [1.54, 1.807) is 10.7 Å². The second-order valence-electron chi connectivity index (χ2n) is 2.09. The van der Waals surface area contributed by atoms with E-state index in [0.29, 0.717) is 12.7 Å². The van der Waals surface area contributed by atoms with Gasteiger partial charge in [-0.15, -0.1) is 6.58 Å². The molecule has 1 unspecified atom stereocenters. The van der Waals surface area contributed by atoms with Gasteiger partial charge in [0.25, 0.3) is 7.52 Å². The molecule has 1 aliphatic rings. The van der Waals surface area contributed by atoms with E-state index in [1.807, 2.05) is 0 Å². The van der Waals surface area contributed by atoms with E-state index in [9.17, 15) is 4.57 Å². The van der Waals surface area contributed by atoms with Crippen molar-refractivity contribution in [2.75, 3.05) is 19.3 Å². The van der Waals surface area contributed by atoms with Crippen LogP contribution in [0, 0.1) is 0 Å². The van der Waals surface area contributed by atoms with Gasteiger partial charge in [-0.2, -0.15) is 0 Å². The van der Waals surface area contributed by atoms with E-state index in [2.05, 4.69) is 6.58 Å². The fraction of sp³-hybridized carbons (Fsp3) is 0.600. The van der Waals surface area contributed by atoms with E-state index in [0.717, 1.165) is 6.54 Å². The van der Waals surface area contributed by atoms with Crippen molar-refractivity contribution in [2.45, 2.75) is 0 Å². The summed E-state index contributed by atoms with van der Waals surface area (Å²) in [4.78, 5) is 8.94. The molecular formula is C5H10NO2P. The molecule has 9 heavy (non-hydrogen) atoms. The average molecular weight is 147 g/mol. The first kappa shape index (κ1) is 7.00. The van der Waals surface area contributed by atoms with Gasteiger partial charge in [-0.1, -0.05) is 6.08 Å². The first-order valence-electron chi connectivity index (χ1n) is 2.85. The van der Waals surface area contributed by atoms with Gasteiger partial charge in [0.05, 0.1) is 6.16 Å². The molecule has 4 heteroatoms. The zero-order valence-electron chi connectivity index (χ0n) is 5.16. The largest absolute Gasteiger partial charge is 0.333 e. The molecule has 1 fully saturated rings. The summed E-state index contributed by atoms with van der Waals surface area (Å²) in [6.07, 6.45) is 2.09. The van der Waals surface area contributed by atoms with Gasteiger partial charge in [0, 0.05) is 13.1 Å². The minimum Gasteiger partial charge on any atom is -0.333 e. The van der Waals surface area contributed by atoms with Crippen molar-refractivity contribution in [1.29, 1.82) is 0 Å². The van der Waals surface area contributed by atoms with Gasteiger partial charge in [-0.25, -0.2) is 4.67 Å². The Kier molecular flexibility index (Phi) is 1.75. The van der Waals surface area contributed by atoms with Gasteiger partial charge in [0.1, 0.15) is 0 Å². The Morgan fingerprint density at radius 3 is 2.67 bits per heavy atom. The Bertz CT molecular complexity index is 168. The lowest BCUT2D eigenvalue weighted by Gasteiger charge is -2.34. The van der Waals surface area contributed by atoms with Gasteiger partial charge >= 0.3 is 0 Å². The molecular weight excluding hydrogens is 137 g/mol. The molecule has 0 amide bonds. The summed E-state index contributed by atoms with van der Waals surface area (Å²) in [7, 11) is -2.83. The van der Waals surface area contributed by atoms with Crippen LogP contribution in [0.2, 0.25) is 0 Å². The molecule has 1 atom stereocenters. The molecule has 1 heterocycles. The maximum absolute atomic E-state index is 10.8. The summed E-state index contributed by atoms with van der Waals surface area (Å²) in [5.74, 6) is 0. The molecule has 1 saturated heterocycles. The van der Waals surface area contributed by atoms with Crippen molar-refractivity contribution in [3.8, 4) is 0 Å². The van der Waals surface area contributed by atoms with E-state index in [-0.39, 0.29) is 0 Å². The normalized spacial score (nSPS) is 35.7. The molecule has 0 aromatic carbocycles. The summed E-state index contributed by atoms with van der Waals surface area (Å²) in [5.41, 5.74) is 0. The molecule has 0 radical (unpaired) electrons. The molecule has 0 spiro atoms. The minimum atomic E-state index is -2.83. The Morgan fingerprint density at radius 1 is 1.89 bits per heavy atom. The lowest BCUT2D eigenvalue weighted by atomic mass is 10.6. The van der Waals surface area contributed by atoms with Gasteiger partial charge in [-0.3, -0.25) is 4.57 Å². The van der Waals surface area contributed by atoms with E-state index in [1.165, 1.54) is 0 Å². The smallest absolute Gasteiger partial charge is 0.271 e. The number of rotatable bonds is 2. The second kappa shape index (κ2) is 2.25. The third-order valence-electron chi connectivity index (χ3n) is 1.43. The predicted octanol–water partition coefficient (Wildman–Crippen LogP) is 0.673. The molecule has 0 aliphatic carbocycles. The molecule has 0 aromatic rings. The Labute approximate surface area is 54.5 Å². The van der Waals surface area contributed by atoms with Gasteiger partial charge in [0.15, 0.2) is 0 Å². The van der Waals surface area contributed by atoms with E-state index < -0.39 is 7.52 Å². The summed E-state index contributed by atoms with van der Waals surface area (Å²) < 4.78 is 12.4. The molecule has 1 rings (SSSR count). The molecule has 1 aliphatic heterocycles. The molecule has 1 N–H and O–H groups in total. The number of nitrogens with zero attached hydrogens (tertiary/aromatic N) is 1. The fourth-order valence-corrected chi connectivity index (χ4v) is 1.98. The Hall–Kier alpha value is -0.110. The molecule has 0 saturated carbocycles. The van der Waals surface area contributed by atoms with Crippen LogP contribution in [0.5, 0.6) is 0 Å². The first-order valence-corrected chi connectivity index (χ1v) is 4.65. The SMILES string of the molecule is C=CCN1CCP1(=O)O. The summed E-state index contributed by atoms with van der Waals surface area (Å²) >= 11 is 0. The van der Waals surface area contributed by atoms with Crippen molar-refractivity contribution in [3.05, 3.63) is 12.7 Å². The summed E-state index contributed by atoms with van der Waals surface area (Å²) in [6.45, 7) is 4.75.